The summed E-state index contributed by atoms with van der Waals surface area (Å²) >= 11 is 1.57. The van der Waals surface area contributed by atoms with Crippen molar-refractivity contribution in [3.63, 3.8) is 0 Å². The molecule has 0 bridgehead atoms. The summed E-state index contributed by atoms with van der Waals surface area (Å²) in [4.78, 5) is 19.6. The van der Waals surface area contributed by atoms with Crippen LogP contribution >= 0.6 is 11.8 Å². The lowest BCUT2D eigenvalue weighted by Crippen LogP contribution is -2.37. The van der Waals surface area contributed by atoms with E-state index in [1.807, 2.05) is 43.3 Å². The van der Waals surface area contributed by atoms with Gasteiger partial charge in [0.2, 0.25) is 5.91 Å². The van der Waals surface area contributed by atoms with Crippen LogP contribution in [-0.2, 0) is 4.79 Å². The van der Waals surface area contributed by atoms with Crippen LogP contribution in [0.25, 0.3) is 22.2 Å². The lowest BCUT2D eigenvalue weighted by atomic mass is 10.0. The molecule has 0 fully saturated rings. The lowest BCUT2D eigenvalue weighted by Gasteiger charge is -2.29. The van der Waals surface area contributed by atoms with Crippen LogP contribution in [0.1, 0.15) is 24.2 Å². The Morgan fingerprint density at radius 2 is 1.92 bits per heavy atom. The van der Waals surface area contributed by atoms with Crippen LogP contribution in [0.4, 0.5) is 4.39 Å². The molecule has 134 valence electrons. The fourth-order valence-corrected chi connectivity index (χ4v) is 4.97. The van der Waals surface area contributed by atoms with Gasteiger partial charge in [-0.05, 0) is 18.6 Å². The van der Waals surface area contributed by atoms with Gasteiger partial charge in [-0.15, -0.1) is 11.8 Å². The maximum atomic E-state index is 13.3. The Bertz CT molecular complexity index is 946. The van der Waals surface area contributed by atoms with Gasteiger partial charge in [0.15, 0.2) is 0 Å². The second kappa shape index (κ2) is 7.16. The van der Waals surface area contributed by atoms with Gasteiger partial charge in [0.1, 0.15) is 11.9 Å². The van der Waals surface area contributed by atoms with Crippen molar-refractivity contribution in [2.75, 3.05) is 19.8 Å². The normalized spacial score (nSPS) is 15.5. The molecule has 3 nitrogen and oxygen atoms in total. The number of amides is 1. The van der Waals surface area contributed by atoms with Crippen LogP contribution in [0.3, 0.4) is 0 Å². The molecule has 1 aliphatic rings. The maximum absolute atomic E-state index is 13.3. The molecule has 4 rings (SSSR count). The standard InChI is InChI=1S/C21H21FN2OS/c1-2-12-24(13-11-22)21(25)20-18-14-7-3-5-9-16(14)23-19(18)15-8-4-6-10-17(15)26-20/h3-10,20,23H,2,11-13H2,1H3. The predicted molar refractivity (Wildman–Crippen MR) is 105 cm³/mol. The predicted octanol–water partition coefficient (Wildman–Crippen LogP) is 5.19. The van der Waals surface area contributed by atoms with Gasteiger partial charge in [-0.25, -0.2) is 4.39 Å². The third-order valence-corrected chi connectivity index (χ3v) is 6.08. The molecule has 1 aromatic heterocycles. The van der Waals surface area contributed by atoms with Crippen LogP contribution in [-0.4, -0.2) is 35.6 Å². The van der Waals surface area contributed by atoms with Gasteiger partial charge in [0, 0.05) is 40.0 Å². The number of benzene rings is 2. The van der Waals surface area contributed by atoms with E-state index in [0.29, 0.717) is 6.54 Å². The third kappa shape index (κ3) is 2.80. The van der Waals surface area contributed by atoms with Gasteiger partial charge in [-0.1, -0.05) is 43.3 Å². The second-order valence-corrected chi connectivity index (χ2v) is 7.61. The molecule has 0 saturated carbocycles. The lowest BCUT2D eigenvalue weighted by molar-refractivity contribution is -0.131. The molecule has 26 heavy (non-hydrogen) atoms. The number of para-hydroxylation sites is 1. The SMILES string of the molecule is CCCN(CCF)C(=O)C1Sc2ccccc2-c2[nH]c3ccccc3c21. The summed E-state index contributed by atoms with van der Waals surface area (Å²) in [6.45, 7) is 2.24. The van der Waals surface area contributed by atoms with Crippen LogP contribution < -0.4 is 0 Å². The molecule has 2 heterocycles. The summed E-state index contributed by atoms with van der Waals surface area (Å²) in [6, 6.07) is 16.2. The van der Waals surface area contributed by atoms with Crippen LogP contribution in [0.2, 0.25) is 0 Å². The number of nitrogens with one attached hydrogen (secondary N) is 1. The van der Waals surface area contributed by atoms with Crippen molar-refractivity contribution in [1.82, 2.24) is 9.88 Å². The molecule has 2 aromatic carbocycles. The molecule has 1 amide bonds. The van der Waals surface area contributed by atoms with E-state index in [1.165, 1.54) is 0 Å². The topological polar surface area (TPSA) is 36.1 Å². The number of hydrogen-bond donors (Lipinski definition) is 1. The smallest absolute Gasteiger partial charge is 0.240 e. The number of carbonyl (C=O) groups excluding carboxylic acids is 1. The summed E-state index contributed by atoms with van der Waals surface area (Å²) in [7, 11) is 0. The second-order valence-electron chi connectivity index (χ2n) is 6.47. The molecule has 1 atom stereocenters. The number of rotatable bonds is 5. The molecule has 5 heteroatoms. The van der Waals surface area contributed by atoms with Gasteiger partial charge in [-0.3, -0.25) is 4.79 Å². The van der Waals surface area contributed by atoms with Crippen LogP contribution in [0.5, 0.6) is 0 Å². The van der Waals surface area contributed by atoms with Crippen molar-refractivity contribution >= 4 is 28.6 Å². The van der Waals surface area contributed by atoms with E-state index in [1.54, 1.807) is 16.7 Å². The van der Waals surface area contributed by atoms with E-state index >= 15 is 0 Å². The van der Waals surface area contributed by atoms with Crippen molar-refractivity contribution < 1.29 is 9.18 Å². The average molecular weight is 368 g/mol. The number of alkyl halides is 1. The van der Waals surface area contributed by atoms with Gasteiger partial charge >= 0.3 is 0 Å². The Labute approximate surface area is 156 Å². The molecular formula is C21H21FN2OS. The summed E-state index contributed by atoms with van der Waals surface area (Å²) in [5.41, 5.74) is 4.19. The number of halogens is 1. The van der Waals surface area contributed by atoms with Gasteiger partial charge in [0.05, 0.1) is 5.69 Å². The Kier molecular flexibility index (Phi) is 4.72. The van der Waals surface area contributed by atoms with Crippen molar-refractivity contribution in [2.45, 2.75) is 23.5 Å². The molecule has 0 aliphatic carbocycles. The Hall–Kier alpha value is -2.27. The number of fused-ring (bicyclic) bond motifs is 5. The van der Waals surface area contributed by atoms with Gasteiger partial charge in [0.25, 0.3) is 0 Å². The van der Waals surface area contributed by atoms with Crippen LogP contribution in [0.15, 0.2) is 53.4 Å². The van der Waals surface area contributed by atoms with E-state index < -0.39 is 6.67 Å². The quantitative estimate of drug-likeness (QED) is 0.673. The molecule has 1 unspecified atom stereocenters. The number of nitrogens with zero attached hydrogens (tertiary/aromatic N) is 1. The Morgan fingerprint density at radius 3 is 2.73 bits per heavy atom. The number of thioether (sulfide) groups is 1. The highest BCUT2D eigenvalue weighted by Crippen LogP contribution is 2.51. The number of H-pyrrole nitrogens is 1. The third-order valence-electron chi connectivity index (χ3n) is 4.79. The number of carbonyl (C=O) groups is 1. The van der Waals surface area contributed by atoms with Crippen molar-refractivity contribution in [2.24, 2.45) is 0 Å². The molecule has 1 aliphatic heterocycles. The maximum Gasteiger partial charge on any atom is 0.240 e. The minimum atomic E-state index is -0.513. The zero-order valence-corrected chi connectivity index (χ0v) is 15.5. The summed E-state index contributed by atoms with van der Waals surface area (Å²) in [5.74, 6) is -0.00462. The fraction of sp³-hybridized carbons (Fsp3) is 0.286. The molecule has 0 saturated heterocycles. The zero-order valence-electron chi connectivity index (χ0n) is 14.7. The first kappa shape index (κ1) is 17.2. The van der Waals surface area contributed by atoms with Crippen molar-refractivity contribution in [3.8, 4) is 11.3 Å². The summed E-state index contributed by atoms with van der Waals surface area (Å²) < 4.78 is 13.0. The monoisotopic (exact) mass is 368 g/mol. The van der Waals surface area contributed by atoms with E-state index in [0.717, 1.165) is 39.0 Å². The highest BCUT2D eigenvalue weighted by atomic mass is 32.2. The van der Waals surface area contributed by atoms with E-state index in [2.05, 4.69) is 17.1 Å². The largest absolute Gasteiger partial charge is 0.354 e. The molecular weight excluding hydrogens is 347 g/mol. The molecule has 1 N–H and O–H groups in total. The first-order valence-electron chi connectivity index (χ1n) is 8.96. The summed E-state index contributed by atoms with van der Waals surface area (Å²) in [5, 5.41) is 0.716. The first-order valence-corrected chi connectivity index (χ1v) is 9.84. The van der Waals surface area contributed by atoms with Gasteiger partial charge in [-0.2, -0.15) is 0 Å². The molecule has 0 radical (unpaired) electrons. The first-order chi connectivity index (χ1) is 12.7. The van der Waals surface area contributed by atoms with Crippen LogP contribution in [0, 0.1) is 0 Å². The fourth-order valence-electron chi connectivity index (χ4n) is 3.65. The number of hydrogen-bond acceptors (Lipinski definition) is 2. The highest BCUT2D eigenvalue weighted by Gasteiger charge is 2.35. The molecule has 3 aromatic rings. The highest BCUT2D eigenvalue weighted by molar-refractivity contribution is 8.00. The van der Waals surface area contributed by atoms with E-state index in [4.69, 9.17) is 0 Å². The number of aromatic nitrogens is 1. The van der Waals surface area contributed by atoms with Gasteiger partial charge < -0.3 is 9.88 Å². The molecule has 0 spiro atoms. The Morgan fingerprint density at radius 1 is 1.15 bits per heavy atom. The summed E-state index contributed by atoms with van der Waals surface area (Å²) in [6.07, 6.45) is 0.820. The Balaban J connectivity index is 1.86. The minimum Gasteiger partial charge on any atom is -0.354 e. The van der Waals surface area contributed by atoms with E-state index in [9.17, 15) is 9.18 Å². The average Bonchev–Trinajstić information content (AvgIpc) is 3.06. The number of aromatic amines is 1. The minimum absolute atomic E-state index is 0.00462. The van der Waals surface area contributed by atoms with Crippen molar-refractivity contribution in [1.29, 1.82) is 0 Å². The van der Waals surface area contributed by atoms with Crippen molar-refractivity contribution in [3.05, 3.63) is 54.1 Å². The zero-order chi connectivity index (χ0) is 18.1. The van der Waals surface area contributed by atoms with E-state index in [-0.39, 0.29) is 17.7 Å².